The molecule has 0 heterocycles. The number of nitrogens with two attached hydrogens (primary N) is 1. The van der Waals surface area contributed by atoms with Crippen LogP contribution in [0.3, 0.4) is 0 Å². The van der Waals surface area contributed by atoms with Gasteiger partial charge in [0, 0.05) is 19.3 Å². The summed E-state index contributed by atoms with van der Waals surface area (Å²) in [5.41, 5.74) is 6.22. The Labute approximate surface area is 119 Å². The second-order valence-electron chi connectivity index (χ2n) is 4.02. The Bertz CT molecular complexity index is 492. The highest BCUT2D eigenvalue weighted by atomic mass is 32.2. The maximum Gasteiger partial charge on any atom is 0.217 e. The molecule has 0 aliphatic rings. The molecular formula is C12H20N2O3S2. The zero-order chi connectivity index (χ0) is 14.3. The highest BCUT2D eigenvalue weighted by Gasteiger charge is 2.17. The number of nitrogens with zero attached hydrogens (tertiary/aromatic N) is 1. The van der Waals surface area contributed by atoms with Crippen molar-refractivity contribution in [2.75, 3.05) is 43.7 Å². The molecule has 0 saturated carbocycles. The molecule has 1 rings (SSSR count). The summed E-state index contributed by atoms with van der Waals surface area (Å²) in [5, 5.41) is 0. The molecule has 0 radical (unpaired) electrons. The Balaban J connectivity index is 2.46. The van der Waals surface area contributed by atoms with Crippen molar-refractivity contribution in [1.82, 2.24) is 4.31 Å². The van der Waals surface area contributed by atoms with E-state index in [2.05, 4.69) is 0 Å². The van der Waals surface area contributed by atoms with Crippen LogP contribution in [0.1, 0.15) is 0 Å². The van der Waals surface area contributed by atoms with Crippen molar-refractivity contribution in [3.63, 3.8) is 0 Å². The summed E-state index contributed by atoms with van der Waals surface area (Å²) in [5.74, 6) is 1.25. The Morgan fingerprint density at radius 3 is 2.68 bits per heavy atom. The van der Waals surface area contributed by atoms with Crippen molar-refractivity contribution in [2.24, 2.45) is 0 Å². The van der Waals surface area contributed by atoms with E-state index in [1.165, 1.54) is 4.31 Å². The topological polar surface area (TPSA) is 72.6 Å². The smallest absolute Gasteiger partial charge is 0.217 e. The van der Waals surface area contributed by atoms with E-state index in [-0.39, 0.29) is 12.4 Å². The molecular weight excluding hydrogens is 284 g/mol. The van der Waals surface area contributed by atoms with Crippen LogP contribution < -0.4 is 10.5 Å². The molecule has 0 aliphatic heterocycles. The lowest BCUT2D eigenvalue weighted by Crippen LogP contribution is -2.33. The molecule has 19 heavy (non-hydrogen) atoms. The normalized spacial score (nSPS) is 11.7. The quantitative estimate of drug-likeness (QED) is 0.732. The second-order valence-corrected chi connectivity index (χ2v) is 7.20. The standard InChI is InChI=1S/C12H20N2O3S2/c1-14(7-9-18-2)19(15,16)10-8-17-12-6-4-3-5-11(12)13/h3-6H,7-10,13H2,1-2H3. The van der Waals surface area contributed by atoms with Gasteiger partial charge in [0.05, 0.1) is 11.4 Å². The lowest BCUT2D eigenvalue weighted by molar-refractivity contribution is 0.339. The van der Waals surface area contributed by atoms with Gasteiger partial charge in [0.2, 0.25) is 10.0 Å². The number of thioether (sulfide) groups is 1. The summed E-state index contributed by atoms with van der Waals surface area (Å²) in [6.07, 6.45) is 1.95. The first-order valence-electron chi connectivity index (χ1n) is 5.87. The molecule has 0 spiro atoms. The van der Waals surface area contributed by atoms with Crippen molar-refractivity contribution < 1.29 is 13.2 Å². The van der Waals surface area contributed by atoms with Gasteiger partial charge in [0.1, 0.15) is 12.4 Å². The summed E-state index contributed by atoms with van der Waals surface area (Å²) in [4.78, 5) is 0. The number of sulfonamides is 1. The van der Waals surface area contributed by atoms with E-state index in [4.69, 9.17) is 10.5 Å². The van der Waals surface area contributed by atoms with Crippen LogP contribution in [0.5, 0.6) is 5.75 Å². The first-order chi connectivity index (χ1) is 8.97. The number of para-hydroxylation sites is 2. The van der Waals surface area contributed by atoms with Crippen molar-refractivity contribution in [3.05, 3.63) is 24.3 Å². The predicted molar refractivity (Wildman–Crippen MR) is 81.1 cm³/mol. The number of nitrogen functional groups attached to an aromatic ring is 1. The number of anilines is 1. The number of hydrogen-bond donors (Lipinski definition) is 1. The average molecular weight is 304 g/mol. The Morgan fingerprint density at radius 2 is 2.05 bits per heavy atom. The van der Waals surface area contributed by atoms with Gasteiger partial charge < -0.3 is 10.5 Å². The monoisotopic (exact) mass is 304 g/mol. The van der Waals surface area contributed by atoms with Gasteiger partial charge in [-0.05, 0) is 18.4 Å². The largest absolute Gasteiger partial charge is 0.490 e. The molecule has 5 nitrogen and oxygen atoms in total. The molecule has 1 aromatic rings. The zero-order valence-electron chi connectivity index (χ0n) is 11.2. The lowest BCUT2D eigenvalue weighted by Gasteiger charge is -2.17. The zero-order valence-corrected chi connectivity index (χ0v) is 12.8. The van der Waals surface area contributed by atoms with E-state index in [0.29, 0.717) is 18.0 Å². The van der Waals surface area contributed by atoms with Crippen molar-refractivity contribution in [1.29, 1.82) is 0 Å². The van der Waals surface area contributed by atoms with Crippen LogP contribution in [0.2, 0.25) is 0 Å². The molecule has 0 aliphatic carbocycles. The summed E-state index contributed by atoms with van der Waals surface area (Å²) in [6.45, 7) is 0.608. The van der Waals surface area contributed by atoms with Crippen molar-refractivity contribution in [2.45, 2.75) is 0 Å². The van der Waals surface area contributed by atoms with Gasteiger partial charge in [0.15, 0.2) is 0 Å². The van der Waals surface area contributed by atoms with Gasteiger partial charge in [-0.2, -0.15) is 11.8 Å². The predicted octanol–water partition coefficient (Wildman–Crippen LogP) is 1.27. The van der Waals surface area contributed by atoms with E-state index in [9.17, 15) is 8.42 Å². The number of benzene rings is 1. The highest BCUT2D eigenvalue weighted by Crippen LogP contribution is 2.19. The van der Waals surface area contributed by atoms with E-state index >= 15 is 0 Å². The molecule has 108 valence electrons. The average Bonchev–Trinajstić information content (AvgIpc) is 2.38. The second kappa shape index (κ2) is 7.62. The fraction of sp³-hybridized carbons (Fsp3) is 0.500. The van der Waals surface area contributed by atoms with Crippen LogP contribution >= 0.6 is 11.8 Å². The third-order valence-corrected chi connectivity index (χ3v) is 5.01. The number of hydrogen-bond acceptors (Lipinski definition) is 5. The summed E-state index contributed by atoms with van der Waals surface area (Å²) in [7, 11) is -1.68. The molecule has 0 atom stereocenters. The van der Waals surface area contributed by atoms with Crippen LogP contribution in [0.4, 0.5) is 5.69 Å². The van der Waals surface area contributed by atoms with Gasteiger partial charge in [-0.1, -0.05) is 12.1 Å². The van der Waals surface area contributed by atoms with Gasteiger partial charge in [-0.15, -0.1) is 0 Å². The first-order valence-corrected chi connectivity index (χ1v) is 8.88. The maximum atomic E-state index is 11.9. The summed E-state index contributed by atoms with van der Waals surface area (Å²) < 4.78 is 30.6. The molecule has 1 aromatic carbocycles. The molecule has 0 aromatic heterocycles. The van der Waals surface area contributed by atoms with Crippen molar-refractivity contribution in [3.8, 4) is 5.75 Å². The van der Waals surface area contributed by atoms with E-state index in [1.54, 1.807) is 43.1 Å². The molecule has 0 bridgehead atoms. The minimum absolute atomic E-state index is 0.0494. The van der Waals surface area contributed by atoms with Gasteiger partial charge in [0.25, 0.3) is 0 Å². The SMILES string of the molecule is CSCCN(C)S(=O)(=O)CCOc1ccccc1N. The van der Waals surface area contributed by atoms with Crippen LogP contribution in [0.25, 0.3) is 0 Å². The van der Waals surface area contributed by atoms with E-state index in [0.717, 1.165) is 5.75 Å². The third kappa shape index (κ3) is 5.30. The molecule has 0 amide bonds. The van der Waals surface area contributed by atoms with E-state index in [1.807, 2.05) is 6.26 Å². The number of rotatable bonds is 8. The molecule has 0 saturated heterocycles. The summed E-state index contributed by atoms with van der Waals surface area (Å²) >= 11 is 1.61. The number of ether oxygens (including phenoxy) is 1. The molecule has 7 heteroatoms. The van der Waals surface area contributed by atoms with Gasteiger partial charge in [-0.3, -0.25) is 0 Å². The van der Waals surface area contributed by atoms with Crippen LogP contribution in [0, 0.1) is 0 Å². The molecule has 0 unspecified atom stereocenters. The van der Waals surface area contributed by atoms with E-state index < -0.39 is 10.0 Å². The van der Waals surface area contributed by atoms with Gasteiger partial charge in [-0.25, -0.2) is 12.7 Å². The maximum absolute atomic E-state index is 11.9. The Hall–Kier alpha value is -0.920. The molecule has 2 N–H and O–H groups in total. The van der Waals surface area contributed by atoms with Crippen LogP contribution in [-0.4, -0.2) is 50.7 Å². The van der Waals surface area contributed by atoms with Crippen molar-refractivity contribution >= 4 is 27.5 Å². The fourth-order valence-electron chi connectivity index (χ4n) is 1.38. The Kier molecular flexibility index (Phi) is 6.47. The first kappa shape index (κ1) is 16.1. The van der Waals surface area contributed by atoms with Gasteiger partial charge >= 0.3 is 0 Å². The van der Waals surface area contributed by atoms with Crippen LogP contribution in [0.15, 0.2) is 24.3 Å². The molecule has 0 fully saturated rings. The fourth-order valence-corrected chi connectivity index (χ4v) is 2.93. The summed E-state index contributed by atoms with van der Waals surface area (Å²) in [6, 6.07) is 7.04. The van der Waals surface area contributed by atoms with Crippen LogP contribution in [-0.2, 0) is 10.0 Å². The minimum Gasteiger partial charge on any atom is -0.490 e. The lowest BCUT2D eigenvalue weighted by atomic mass is 10.3. The third-order valence-electron chi connectivity index (χ3n) is 2.60. The highest BCUT2D eigenvalue weighted by molar-refractivity contribution is 7.98. The Morgan fingerprint density at radius 1 is 1.37 bits per heavy atom. The minimum atomic E-state index is -3.26.